The van der Waals surface area contributed by atoms with Crippen LogP contribution in [0, 0.1) is 0 Å². The Morgan fingerprint density at radius 3 is 2.59 bits per heavy atom. The van der Waals surface area contributed by atoms with E-state index >= 15 is 0 Å². The number of rotatable bonds is 10. The molecule has 9 heteroatoms. The van der Waals surface area contributed by atoms with Crippen LogP contribution in [-0.4, -0.2) is 38.2 Å². The van der Waals surface area contributed by atoms with Gasteiger partial charge in [-0.1, -0.05) is 19.4 Å². The van der Waals surface area contributed by atoms with Crippen LogP contribution in [0.2, 0.25) is 0 Å². The van der Waals surface area contributed by atoms with Crippen LogP contribution in [-0.2, 0) is 24.4 Å². The predicted octanol–water partition coefficient (Wildman–Crippen LogP) is 2.91. The quantitative estimate of drug-likeness (QED) is 0.486. The largest absolute Gasteiger partial charge is 0.462 e. The molecule has 0 aliphatic heterocycles. The van der Waals surface area contributed by atoms with Crippen LogP contribution >= 0.6 is 0 Å². The first-order valence-corrected chi connectivity index (χ1v) is 11.2. The number of benzene rings is 1. The van der Waals surface area contributed by atoms with Gasteiger partial charge < -0.3 is 14.2 Å². The minimum absolute atomic E-state index is 0.315. The number of carbonyl (C=O) groups is 1. The number of unbranched alkanes of at least 4 members (excludes halogenated alkanes) is 1. The highest BCUT2D eigenvalue weighted by molar-refractivity contribution is 5.90. The molecule has 0 saturated heterocycles. The van der Waals surface area contributed by atoms with Gasteiger partial charge in [0.2, 0.25) is 0 Å². The van der Waals surface area contributed by atoms with Gasteiger partial charge in [0, 0.05) is 25.3 Å². The average molecular weight is 442 g/mol. The molecule has 0 aliphatic carbocycles. The SMILES string of the molecule is CCCCn1c(=O)[nH]c(=O)c2c1nc(CN(CC)c1cccc(C(=O)OCC)c1)n2CC. The number of aromatic nitrogens is 4. The van der Waals surface area contributed by atoms with Crippen LogP contribution in [0.5, 0.6) is 0 Å². The van der Waals surface area contributed by atoms with E-state index in [0.717, 1.165) is 18.5 Å². The lowest BCUT2D eigenvalue weighted by atomic mass is 10.2. The number of hydrogen-bond donors (Lipinski definition) is 1. The highest BCUT2D eigenvalue weighted by Gasteiger charge is 2.20. The Balaban J connectivity index is 2.05. The minimum atomic E-state index is -0.433. The van der Waals surface area contributed by atoms with Crippen molar-refractivity contribution in [2.45, 2.75) is 60.2 Å². The third kappa shape index (κ3) is 4.61. The van der Waals surface area contributed by atoms with Gasteiger partial charge >= 0.3 is 11.7 Å². The fourth-order valence-corrected chi connectivity index (χ4v) is 3.80. The summed E-state index contributed by atoms with van der Waals surface area (Å²) in [6.45, 7) is 10.2. The number of H-pyrrole nitrogens is 1. The summed E-state index contributed by atoms with van der Waals surface area (Å²) in [5, 5.41) is 0. The number of ether oxygens (including phenoxy) is 1. The zero-order chi connectivity index (χ0) is 23.3. The maximum atomic E-state index is 12.6. The molecule has 0 aliphatic rings. The summed E-state index contributed by atoms with van der Waals surface area (Å²) in [5.74, 6) is 0.324. The summed E-state index contributed by atoms with van der Waals surface area (Å²) in [5.41, 5.74) is 1.31. The monoisotopic (exact) mass is 441 g/mol. The van der Waals surface area contributed by atoms with Crippen molar-refractivity contribution in [3.05, 3.63) is 56.5 Å². The molecule has 0 saturated carbocycles. The summed E-state index contributed by atoms with van der Waals surface area (Å²) in [6.07, 6.45) is 1.74. The number of aromatic amines is 1. The van der Waals surface area contributed by atoms with Gasteiger partial charge in [0.05, 0.1) is 18.7 Å². The number of anilines is 1. The molecule has 1 aromatic carbocycles. The van der Waals surface area contributed by atoms with Crippen molar-refractivity contribution < 1.29 is 9.53 Å². The van der Waals surface area contributed by atoms with Gasteiger partial charge in [0.1, 0.15) is 5.82 Å². The van der Waals surface area contributed by atoms with Gasteiger partial charge in [-0.3, -0.25) is 14.3 Å². The molecule has 0 unspecified atom stereocenters. The Bertz CT molecular complexity index is 1210. The predicted molar refractivity (Wildman–Crippen MR) is 124 cm³/mol. The van der Waals surface area contributed by atoms with E-state index in [1.54, 1.807) is 23.6 Å². The van der Waals surface area contributed by atoms with Gasteiger partial charge in [0.15, 0.2) is 11.2 Å². The lowest BCUT2D eigenvalue weighted by Gasteiger charge is -2.23. The van der Waals surface area contributed by atoms with Crippen molar-refractivity contribution in [1.29, 1.82) is 0 Å². The number of fused-ring (bicyclic) bond motifs is 1. The van der Waals surface area contributed by atoms with Crippen molar-refractivity contribution >= 4 is 22.8 Å². The molecule has 2 aromatic heterocycles. The first-order chi connectivity index (χ1) is 15.4. The number of nitrogens with zero attached hydrogens (tertiary/aromatic N) is 4. The minimum Gasteiger partial charge on any atom is -0.462 e. The number of hydrogen-bond acceptors (Lipinski definition) is 6. The summed E-state index contributed by atoms with van der Waals surface area (Å²) in [7, 11) is 0. The molecule has 0 radical (unpaired) electrons. The Labute approximate surface area is 186 Å². The third-order valence-corrected chi connectivity index (χ3v) is 5.45. The van der Waals surface area contributed by atoms with E-state index in [4.69, 9.17) is 9.72 Å². The smallest absolute Gasteiger partial charge is 0.338 e. The standard InChI is InChI=1S/C23H31N5O4/c1-5-9-13-28-20-19(21(29)25-23(28)31)27(7-3)18(24-20)15-26(6-2)17-12-10-11-16(14-17)22(30)32-8-4/h10-12,14H,5-9,13,15H2,1-4H3,(H,25,29,31). The van der Waals surface area contributed by atoms with Crippen molar-refractivity contribution in [3.8, 4) is 0 Å². The molecule has 0 spiro atoms. The highest BCUT2D eigenvalue weighted by Crippen LogP contribution is 2.21. The molecule has 9 nitrogen and oxygen atoms in total. The van der Waals surface area contributed by atoms with Gasteiger partial charge in [-0.25, -0.2) is 14.6 Å². The second-order valence-electron chi connectivity index (χ2n) is 7.49. The fourth-order valence-electron chi connectivity index (χ4n) is 3.80. The lowest BCUT2D eigenvalue weighted by molar-refractivity contribution is 0.0526. The van der Waals surface area contributed by atoms with Gasteiger partial charge in [-0.05, 0) is 45.4 Å². The summed E-state index contributed by atoms with van der Waals surface area (Å²) >= 11 is 0. The fraction of sp³-hybridized carbons (Fsp3) is 0.478. The van der Waals surface area contributed by atoms with E-state index in [2.05, 4.69) is 9.88 Å². The molecule has 3 aromatic rings. The second-order valence-corrected chi connectivity index (χ2v) is 7.49. The molecule has 0 fully saturated rings. The van der Waals surface area contributed by atoms with Crippen molar-refractivity contribution in [2.24, 2.45) is 0 Å². The maximum Gasteiger partial charge on any atom is 0.338 e. The Morgan fingerprint density at radius 1 is 1.16 bits per heavy atom. The van der Waals surface area contributed by atoms with Gasteiger partial charge in [0.25, 0.3) is 5.56 Å². The van der Waals surface area contributed by atoms with Crippen molar-refractivity contribution in [1.82, 2.24) is 19.1 Å². The van der Waals surface area contributed by atoms with Crippen LogP contribution in [0.3, 0.4) is 0 Å². The number of imidazole rings is 1. The molecule has 0 atom stereocenters. The molecule has 3 rings (SSSR count). The summed E-state index contributed by atoms with van der Waals surface area (Å²) in [4.78, 5) is 46.4. The Morgan fingerprint density at radius 2 is 1.94 bits per heavy atom. The normalized spacial score (nSPS) is 11.1. The van der Waals surface area contributed by atoms with Crippen LogP contribution in [0.4, 0.5) is 5.69 Å². The van der Waals surface area contributed by atoms with Gasteiger partial charge in [-0.15, -0.1) is 0 Å². The molecule has 0 bridgehead atoms. The van der Waals surface area contributed by atoms with Crippen molar-refractivity contribution in [2.75, 3.05) is 18.1 Å². The molecular weight excluding hydrogens is 410 g/mol. The summed E-state index contributed by atoms with van der Waals surface area (Å²) in [6, 6.07) is 7.27. The molecule has 2 heterocycles. The van der Waals surface area contributed by atoms with Gasteiger partial charge in [-0.2, -0.15) is 0 Å². The topological polar surface area (TPSA) is 102 Å². The number of carbonyl (C=O) groups excluding carboxylic acids is 1. The van der Waals surface area contributed by atoms with Crippen molar-refractivity contribution in [3.63, 3.8) is 0 Å². The first-order valence-electron chi connectivity index (χ1n) is 11.2. The van der Waals surface area contributed by atoms with E-state index < -0.39 is 11.2 Å². The number of nitrogens with one attached hydrogen (secondary N) is 1. The van der Waals surface area contributed by atoms with E-state index in [0.29, 0.717) is 55.3 Å². The summed E-state index contributed by atoms with van der Waals surface area (Å²) < 4.78 is 8.52. The molecule has 32 heavy (non-hydrogen) atoms. The second kappa shape index (κ2) is 10.3. The Kier molecular flexibility index (Phi) is 7.50. The average Bonchev–Trinajstić information content (AvgIpc) is 3.16. The molecule has 1 N–H and O–H groups in total. The van der Waals surface area contributed by atoms with Crippen LogP contribution in [0.1, 0.15) is 56.7 Å². The van der Waals surface area contributed by atoms with Crippen LogP contribution < -0.4 is 16.1 Å². The number of esters is 1. The maximum absolute atomic E-state index is 12.6. The first kappa shape index (κ1) is 23.3. The highest BCUT2D eigenvalue weighted by atomic mass is 16.5. The van der Waals surface area contributed by atoms with E-state index in [1.807, 2.05) is 37.5 Å². The van der Waals surface area contributed by atoms with Crippen LogP contribution in [0.25, 0.3) is 11.2 Å². The number of aryl methyl sites for hydroxylation is 2. The lowest BCUT2D eigenvalue weighted by Crippen LogP contribution is -2.31. The molecule has 0 amide bonds. The van der Waals surface area contributed by atoms with Crippen LogP contribution in [0.15, 0.2) is 33.9 Å². The van der Waals surface area contributed by atoms with E-state index in [9.17, 15) is 14.4 Å². The zero-order valence-corrected chi connectivity index (χ0v) is 19.2. The van der Waals surface area contributed by atoms with E-state index in [1.165, 1.54) is 0 Å². The zero-order valence-electron chi connectivity index (χ0n) is 19.2. The molecular formula is C23H31N5O4. The third-order valence-electron chi connectivity index (χ3n) is 5.45. The molecule has 172 valence electrons. The Hall–Kier alpha value is -3.36. The van der Waals surface area contributed by atoms with E-state index in [-0.39, 0.29) is 5.97 Å².